The molecule has 0 aliphatic heterocycles. The summed E-state index contributed by atoms with van der Waals surface area (Å²) >= 11 is 0. The van der Waals surface area contributed by atoms with Gasteiger partial charge in [-0.25, -0.2) is 0 Å². The monoisotopic (exact) mass is 257 g/mol. The van der Waals surface area contributed by atoms with Crippen molar-refractivity contribution >= 4 is 5.52 Å². The molecular weight excluding hydrogens is 249 g/mol. The quantitative estimate of drug-likeness (QED) is 0.396. The van der Waals surface area contributed by atoms with Crippen molar-refractivity contribution in [2.45, 2.75) is 0 Å². The summed E-state index contributed by atoms with van der Waals surface area (Å²) in [5, 5.41) is 0. The van der Waals surface area contributed by atoms with Crippen molar-refractivity contribution in [2.75, 3.05) is 0 Å². The van der Waals surface area contributed by atoms with Gasteiger partial charge in [-0.2, -0.15) is 4.40 Å². The van der Waals surface area contributed by atoms with Gasteiger partial charge in [0, 0.05) is 24.3 Å². The van der Waals surface area contributed by atoms with Crippen molar-refractivity contribution in [1.29, 1.82) is 0 Å². The maximum atomic E-state index is 2.08. The Kier molecular flexibility index (Phi) is 2.82. The smallest absolute Gasteiger partial charge is 0.210 e. The van der Waals surface area contributed by atoms with E-state index in [1.807, 2.05) is 36.7 Å². The van der Waals surface area contributed by atoms with Crippen LogP contribution in [-0.4, -0.2) is 0 Å². The molecule has 0 unspecified atom stereocenters. The van der Waals surface area contributed by atoms with Gasteiger partial charge >= 0.3 is 0 Å². The summed E-state index contributed by atoms with van der Waals surface area (Å²) in [5.74, 6) is 0. The molecule has 0 N–H and O–H groups in total. The standard InChI is InChI=1S/C9H8N.HI/c1-3-7-10-8-4-2-6-9(10)5-1;/h1-8H;1H/q+1;/p-1. The first-order chi connectivity index (χ1) is 4.97. The average Bonchev–Trinajstić information content (AvgIpc) is 2.05. The van der Waals surface area contributed by atoms with E-state index in [0.29, 0.717) is 0 Å². The number of fused-ring (bicyclic) bond motifs is 1. The largest absolute Gasteiger partial charge is 1.00 e. The molecule has 0 bridgehead atoms. The van der Waals surface area contributed by atoms with Gasteiger partial charge in [0.25, 0.3) is 0 Å². The molecule has 11 heavy (non-hydrogen) atoms. The topological polar surface area (TPSA) is 4.10 Å². The first-order valence-electron chi connectivity index (χ1n) is 3.32. The first-order valence-corrected chi connectivity index (χ1v) is 3.32. The molecule has 2 heterocycles. The van der Waals surface area contributed by atoms with Crippen LogP contribution in [-0.2, 0) is 0 Å². The van der Waals surface area contributed by atoms with Crippen molar-refractivity contribution in [3.05, 3.63) is 48.8 Å². The molecule has 2 aromatic rings. The van der Waals surface area contributed by atoms with Gasteiger partial charge < -0.3 is 24.0 Å². The zero-order valence-corrected chi connectivity index (χ0v) is 8.10. The highest BCUT2D eigenvalue weighted by atomic mass is 127. The third kappa shape index (κ3) is 1.68. The van der Waals surface area contributed by atoms with E-state index in [4.69, 9.17) is 0 Å². The van der Waals surface area contributed by atoms with Crippen LogP contribution in [0.25, 0.3) is 5.52 Å². The lowest BCUT2D eigenvalue weighted by atomic mass is 10.3. The van der Waals surface area contributed by atoms with E-state index in [1.54, 1.807) is 0 Å². The van der Waals surface area contributed by atoms with Crippen molar-refractivity contribution < 1.29 is 28.4 Å². The minimum atomic E-state index is 0. The molecule has 1 nitrogen and oxygen atoms in total. The number of hydrogen-bond donors (Lipinski definition) is 0. The Morgan fingerprint density at radius 1 is 0.818 bits per heavy atom. The Labute approximate surface area is 82.7 Å². The van der Waals surface area contributed by atoms with Crippen LogP contribution in [0.2, 0.25) is 0 Å². The van der Waals surface area contributed by atoms with Crippen molar-refractivity contribution in [2.24, 2.45) is 0 Å². The van der Waals surface area contributed by atoms with Gasteiger partial charge in [-0.05, 0) is 12.1 Å². The van der Waals surface area contributed by atoms with Gasteiger partial charge in [-0.15, -0.1) is 0 Å². The fraction of sp³-hybridized carbons (Fsp3) is 0. The predicted molar refractivity (Wildman–Crippen MR) is 39.6 cm³/mol. The predicted octanol–water partition coefficient (Wildman–Crippen LogP) is -1.57. The van der Waals surface area contributed by atoms with Crippen LogP contribution >= 0.6 is 0 Å². The second-order valence-corrected chi connectivity index (χ2v) is 2.23. The summed E-state index contributed by atoms with van der Waals surface area (Å²) in [4.78, 5) is 0. The summed E-state index contributed by atoms with van der Waals surface area (Å²) < 4.78 is 2.08. The van der Waals surface area contributed by atoms with Gasteiger partial charge in [0.15, 0.2) is 12.4 Å². The number of halogens is 1. The lowest BCUT2D eigenvalue weighted by molar-refractivity contribution is -0.511. The van der Waals surface area contributed by atoms with Crippen LogP contribution in [0.4, 0.5) is 0 Å². The van der Waals surface area contributed by atoms with Crippen LogP contribution in [0.3, 0.4) is 0 Å². The summed E-state index contributed by atoms with van der Waals surface area (Å²) in [5.41, 5.74) is 1.23. The Morgan fingerprint density at radius 3 is 1.82 bits per heavy atom. The molecule has 0 atom stereocenters. The third-order valence-corrected chi connectivity index (χ3v) is 1.55. The number of nitrogens with zero attached hydrogens (tertiary/aromatic N) is 1. The Bertz CT molecular complexity index is 281. The van der Waals surface area contributed by atoms with E-state index in [0.717, 1.165) is 0 Å². The molecule has 0 aliphatic carbocycles. The van der Waals surface area contributed by atoms with Gasteiger partial charge in [-0.3, -0.25) is 0 Å². The molecule has 2 heteroatoms. The second-order valence-electron chi connectivity index (χ2n) is 2.23. The van der Waals surface area contributed by atoms with E-state index in [2.05, 4.69) is 16.5 Å². The molecule has 0 aromatic carbocycles. The van der Waals surface area contributed by atoms with E-state index in [-0.39, 0.29) is 24.0 Å². The maximum Gasteiger partial charge on any atom is 0.210 e. The fourth-order valence-electron chi connectivity index (χ4n) is 1.04. The van der Waals surface area contributed by atoms with E-state index >= 15 is 0 Å². The van der Waals surface area contributed by atoms with Crippen LogP contribution in [0.5, 0.6) is 0 Å². The number of aromatic nitrogens is 1. The van der Waals surface area contributed by atoms with E-state index < -0.39 is 0 Å². The normalized spacial score (nSPS) is 9.09. The molecule has 0 aliphatic rings. The number of hydrogen-bond acceptors (Lipinski definition) is 0. The number of pyridine rings is 2. The maximum absolute atomic E-state index is 2.08. The molecule has 0 saturated heterocycles. The van der Waals surface area contributed by atoms with Gasteiger partial charge in [0.05, 0.1) is 0 Å². The Balaban J connectivity index is 0.000000605. The van der Waals surface area contributed by atoms with Crippen molar-refractivity contribution in [3.8, 4) is 0 Å². The van der Waals surface area contributed by atoms with Crippen molar-refractivity contribution in [3.63, 3.8) is 0 Å². The molecule has 56 valence electrons. The first kappa shape index (κ1) is 8.46. The van der Waals surface area contributed by atoms with E-state index in [1.165, 1.54) is 5.52 Å². The van der Waals surface area contributed by atoms with Crippen LogP contribution in [0, 0.1) is 0 Å². The minimum absolute atomic E-state index is 0. The molecule has 0 saturated carbocycles. The Morgan fingerprint density at radius 2 is 1.36 bits per heavy atom. The van der Waals surface area contributed by atoms with E-state index in [9.17, 15) is 0 Å². The van der Waals surface area contributed by atoms with Gasteiger partial charge in [0.2, 0.25) is 5.52 Å². The highest BCUT2D eigenvalue weighted by Crippen LogP contribution is 1.92. The highest BCUT2D eigenvalue weighted by molar-refractivity contribution is 5.36. The molecule has 0 fully saturated rings. The Hall–Kier alpha value is -0.640. The SMILES string of the molecule is [I-].c1cc[n+]2ccccc2c1. The zero-order valence-electron chi connectivity index (χ0n) is 5.94. The molecule has 0 amide bonds. The lowest BCUT2D eigenvalue weighted by Crippen LogP contribution is -3.00. The van der Waals surface area contributed by atoms with Crippen molar-refractivity contribution in [1.82, 2.24) is 0 Å². The molecular formula is C9H8IN. The minimum Gasteiger partial charge on any atom is -1.00 e. The summed E-state index contributed by atoms with van der Waals surface area (Å²) in [6.07, 6.45) is 4.07. The molecule has 0 spiro atoms. The molecule has 0 radical (unpaired) electrons. The third-order valence-electron chi connectivity index (χ3n) is 1.55. The summed E-state index contributed by atoms with van der Waals surface area (Å²) in [7, 11) is 0. The number of rotatable bonds is 0. The molecule has 2 rings (SSSR count). The van der Waals surface area contributed by atoms with Crippen LogP contribution < -0.4 is 28.4 Å². The van der Waals surface area contributed by atoms with Gasteiger partial charge in [-0.1, -0.05) is 0 Å². The molecule has 2 aromatic heterocycles. The van der Waals surface area contributed by atoms with Crippen LogP contribution in [0.1, 0.15) is 0 Å². The second kappa shape index (κ2) is 3.67. The average molecular weight is 257 g/mol. The zero-order chi connectivity index (χ0) is 6.81. The highest BCUT2D eigenvalue weighted by Gasteiger charge is 1.93. The fourth-order valence-corrected chi connectivity index (χ4v) is 1.04. The van der Waals surface area contributed by atoms with Gasteiger partial charge in [0.1, 0.15) is 0 Å². The summed E-state index contributed by atoms with van der Waals surface area (Å²) in [6, 6.07) is 12.3. The van der Waals surface area contributed by atoms with Crippen LogP contribution in [0.15, 0.2) is 48.8 Å². The summed E-state index contributed by atoms with van der Waals surface area (Å²) in [6.45, 7) is 0. The lowest BCUT2D eigenvalue weighted by Gasteiger charge is -1.85.